The van der Waals surface area contributed by atoms with Crippen molar-refractivity contribution in [3.05, 3.63) is 33.6 Å². The lowest BCUT2D eigenvalue weighted by atomic mass is 10.0. The van der Waals surface area contributed by atoms with Crippen LogP contribution >= 0.6 is 23.2 Å². The van der Waals surface area contributed by atoms with Crippen LogP contribution in [0.4, 0.5) is 4.39 Å². The van der Waals surface area contributed by atoms with Crippen LogP contribution in [0, 0.1) is 5.82 Å². The molecule has 0 aliphatic rings. The zero-order valence-corrected chi connectivity index (χ0v) is 8.98. The van der Waals surface area contributed by atoms with Gasteiger partial charge in [0.15, 0.2) is 5.82 Å². The number of benzene rings is 1. The van der Waals surface area contributed by atoms with E-state index < -0.39 is 18.0 Å². The molecular formula is C9H10Cl2FNO. The van der Waals surface area contributed by atoms with Crippen LogP contribution in [0.5, 0.6) is 0 Å². The Kier molecular flexibility index (Phi) is 3.72. The van der Waals surface area contributed by atoms with Gasteiger partial charge in [0.05, 0.1) is 16.1 Å². The molecule has 0 unspecified atom stereocenters. The summed E-state index contributed by atoms with van der Waals surface area (Å²) in [4.78, 5) is 0. The topological polar surface area (TPSA) is 46.2 Å². The Morgan fingerprint density at radius 2 is 1.79 bits per heavy atom. The molecule has 0 saturated heterocycles. The standard InChI is InChI=1S/C9H10Cl2FNO/c1-4(13)9(14)5-2-6(10)8(12)7(11)3-5/h2-4,9,14H,13H2,1H3/t4-,9-/m0/s1. The minimum absolute atomic E-state index is 0.118. The van der Waals surface area contributed by atoms with E-state index in [4.69, 9.17) is 28.9 Å². The Bertz CT molecular complexity index is 321. The highest BCUT2D eigenvalue weighted by Crippen LogP contribution is 2.28. The third-order valence-corrected chi connectivity index (χ3v) is 2.40. The molecule has 0 radical (unpaired) electrons. The molecule has 78 valence electrons. The number of hydrogen-bond donors (Lipinski definition) is 2. The summed E-state index contributed by atoms with van der Waals surface area (Å²) in [5.74, 6) is -0.686. The third-order valence-electron chi connectivity index (χ3n) is 1.85. The number of halogens is 3. The molecule has 3 N–H and O–H groups in total. The van der Waals surface area contributed by atoms with Crippen molar-refractivity contribution < 1.29 is 9.50 Å². The first-order valence-corrected chi connectivity index (χ1v) is 4.77. The van der Waals surface area contributed by atoms with Gasteiger partial charge in [-0.05, 0) is 24.6 Å². The van der Waals surface area contributed by atoms with E-state index in [1.807, 2.05) is 0 Å². The molecule has 0 aromatic heterocycles. The van der Waals surface area contributed by atoms with Crippen molar-refractivity contribution in [2.24, 2.45) is 5.73 Å². The second kappa shape index (κ2) is 4.45. The average molecular weight is 238 g/mol. The highest BCUT2D eigenvalue weighted by molar-refractivity contribution is 6.35. The number of hydrogen-bond acceptors (Lipinski definition) is 2. The summed E-state index contributed by atoms with van der Waals surface area (Å²) < 4.78 is 13.0. The Morgan fingerprint density at radius 1 is 1.36 bits per heavy atom. The van der Waals surface area contributed by atoms with Crippen LogP contribution in [0.15, 0.2) is 12.1 Å². The highest BCUT2D eigenvalue weighted by atomic mass is 35.5. The van der Waals surface area contributed by atoms with E-state index in [2.05, 4.69) is 0 Å². The summed E-state index contributed by atoms with van der Waals surface area (Å²) in [6.45, 7) is 1.63. The molecule has 0 aliphatic carbocycles. The lowest BCUT2D eigenvalue weighted by molar-refractivity contribution is 0.153. The minimum atomic E-state index is -0.898. The van der Waals surface area contributed by atoms with Gasteiger partial charge in [0.25, 0.3) is 0 Å². The molecule has 1 aromatic rings. The van der Waals surface area contributed by atoms with Crippen molar-refractivity contribution in [2.75, 3.05) is 0 Å². The van der Waals surface area contributed by atoms with Crippen molar-refractivity contribution in [3.63, 3.8) is 0 Å². The number of rotatable bonds is 2. The van der Waals surface area contributed by atoms with E-state index in [1.165, 1.54) is 12.1 Å². The van der Waals surface area contributed by atoms with Crippen LogP contribution in [-0.2, 0) is 0 Å². The normalized spacial score (nSPS) is 15.3. The maximum atomic E-state index is 13.0. The zero-order valence-electron chi connectivity index (χ0n) is 7.47. The van der Waals surface area contributed by atoms with Gasteiger partial charge < -0.3 is 10.8 Å². The quantitative estimate of drug-likeness (QED) is 0.777. The summed E-state index contributed by atoms with van der Waals surface area (Å²) in [6.07, 6.45) is -0.898. The molecule has 0 amide bonds. The molecule has 0 spiro atoms. The molecule has 2 nitrogen and oxygen atoms in total. The highest BCUT2D eigenvalue weighted by Gasteiger charge is 2.16. The lowest BCUT2D eigenvalue weighted by Crippen LogP contribution is -2.24. The van der Waals surface area contributed by atoms with Crippen LogP contribution in [0.3, 0.4) is 0 Å². The van der Waals surface area contributed by atoms with Crippen LogP contribution in [0.25, 0.3) is 0 Å². The van der Waals surface area contributed by atoms with E-state index in [0.717, 1.165) is 0 Å². The third kappa shape index (κ3) is 2.36. The molecule has 0 aliphatic heterocycles. The van der Waals surface area contributed by atoms with Crippen molar-refractivity contribution >= 4 is 23.2 Å². The first-order chi connectivity index (χ1) is 6.43. The summed E-state index contributed by atoms with van der Waals surface area (Å²) in [6, 6.07) is 2.17. The molecule has 0 saturated carbocycles. The second-order valence-electron chi connectivity index (χ2n) is 3.10. The second-order valence-corrected chi connectivity index (χ2v) is 3.92. The van der Waals surface area contributed by atoms with E-state index >= 15 is 0 Å². The molecule has 2 atom stereocenters. The van der Waals surface area contributed by atoms with E-state index in [-0.39, 0.29) is 10.0 Å². The van der Waals surface area contributed by atoms with Gasteiger partial charge in [0.1, 0.15) is 0 Å². The maximum absolute atomic E-state index is 13.0. The van der Waals surface area contributed by atoms with Gasteiger partial charge in [-0.1, -0.05) is 23.2 Å². The minimum Gasteiger partial charge on any atom is -0.387 e. The molecule has 0 bridgehead atoms. The average Bonchev–Trinajstić information content (AvgIpc) is 2.12. The van der Waals surface area contributed by atoms with Gasteiger partial charge in [0.2, 0.25) is 0 Å². The summed E-state index contributed by atoms with van der Waals surface area (Å²) >= 11 is 11.1. The van der Waals surface area contributed by atoms with Gasteiger partial charge in [0, 0.05) is 6.04 Å². The predicted octanol–water partition coefficient (Wildman–Crippen LogP) is 2.51. The number of nitrogens with two attached hydrogens (primary N) is 1. The van der Waals surface area contributed by atoms with Gasteiger partial charge in [-0.2, -0.15) is 0 Å². The zero-order chi connectivity index (χ0) is 10.9. The number of aliphatic hydroxyl groups is 1. The monoisotopic (exact) mass is 237 g/mol. The first-order valence-electron chi connectivity index (χ1n) is 4.01. The molecule has 1 aromatic carbocycles. The summed E-state index contributed by atoms with van der Waals surface area (Å²) in [7, 11) is 0. The Balaban J connectivity index is 3.12. The fourth-order valence-corrected chi connectivity index (χ4v) is 1.55. The summed E-state index contributed by atoms with van der Waals surface area (Å²) in [5.41, 5.74) is 5.89. The summed E-state index contributed by atoms with van der Waals surface area (Å²) in [5, 5.41) is 9.34. The number of aliphatic hydroxyl groups excluding tert-OH is 1. The van der Waals surface area contributed by atoms with E-state index in [1.54, 1.807) is 6.92 Å². The van der Waals surface area contributed by atoms with Crippen LogP contribution in [0.2, 0.25) is 10.0 Å². The molecule has 14 heavy (non-hydrogen) atoms. The van der Waals surface area contributed by atoms with Gasteiger partial charge in [-0.15, -0.1) is 0 Å². The smallest absolute Gasteiger partial charge is 0.160 e. The Labute approximate surface area is 91.4 Å². The molecule has 1 rings (SSSR count). The van der Waals surface area contributed by atoms with E-state index in [9.17, 15) is 9.50 Å². The maximum Gasteiger partial charge on any atom is 0.160 e. The lowest BCUT2D eigenvalue weighted by Gasteiger charge is -2.15. The Morgan fingerprint density at radius 3 is 2.14 bits per heavy atom. The molecule has 0 heterocycles. The van der Waals surface area contributed by atoms with E-state index in [0.29, 0.717) is 5.56 Å². The fourth-order valence-electron chi connectivity index (χ4n) is 1.05. The van der Waals surface area contributed by atoms with Gasteiger partial charge in [-0.25, -0.2) is 4.39 Å². The van der Waals surface area contributed by atoms with Crippen molar-refractivity contribution in [1.82, 2.24) is 0 Å². The molecule has 5 heteroatoms. The van der Waals surface area contributed by atoms with Crippen LogP contribution in [-0.4, -0.2) is 11.1 Å². The van der Waals surface area contributed by atoms with Crippen LogP contribution < -0.4 is 5.73 Å². The van der Waals surface area contributed by atoms with Crippen molar-refractivity contribution in [3.8, 4) is 0 Å². The fraction of sp³-hybridized carbons (Fsp3) is 0.333. The van der Waals surface area contributed by atoms with Crippen molar-refractivity contribution in [1.29, 1.82) is 0 Å². The van der Waals surface area contributed by atoms with Crippen molar-refractivity contribution in [2.45, 2.75) is 19.1 Å². The predicted molar refractivity (Wildman–Crippen MR) is 55.0 cm³/mol. The molecular weight excluding hydrogens is 228 g/mol. The first kappa shape index (κ1) is 11.7. The largest absolute Gasteiger partial charge is 0.387 e. The molecule has 0 fully saturated rings. The SMILES string of the molecule is C[C@H](N)[C@H](O)c1cc(Cl)c(F)c(Cl)c1. The van der Waals surface area contributed by atoms with Gasteiger partial charge >= 0.3 is 0 Å². The van der Waals surface area contributed by atoms with Gasteiger partial charge in [-0.3, -0.25) is 0 Å². The Hall–Kier alpha value is -0.350. The van der Waals surface area contributed by atoms with Crippen LogP contribution in [0.1, 0.15) is 18.6 Å².